The molecule has 0 heterocycles. The first-order valence-corrected chi connectivity index (χ1v) is 11.5. The van der Waals surface area contributed by atoms with Crippen LogP contribution in [0, 0.1) is 7.14 Å². The third-order valence-electron chi connectivity index (χ3n) is 4.25. The smallest absolute Gasteiger partial charge is 0.253 e. The zero-order valence-electron chi connectivity index (χ0n) is 16.2. The lowest BCUT2D eigenvalue weighted by Gasteiger charge is -2.21. The molecule has 0 saturated heterocycles. The zero-order chi connectivity index (χ0) is 21.5. The number of amides is 2. The quantitative estimate of drug-likeness (QED) is 0.282. The van der Waals surface area contributed by atoms with Gasteiger partial charge in [-0.3, -0.25) is 9.59 Å². The molecule has 0 aromatic heterocycles. The van der Waals surface area contributed by atoms with Gasteiger partial charge in [-0.25, -0.2) is 0 Å². The van der Waals surface area contributed by atoms with Crippen molar-refractivity contribution in [3.05, 3.63) is 96.6 Å². The van der Waals surface area contributed by atoms with Crippen molar-refractivity contribution in [2.75, 3.05) is 6.61 Å². The summed E-state index contributed by atoms with van der Waals surface area (Å²) in [6.45, 7) is 2.48. The Kier molecular flexibility index (Phi) is 8.08. The molecular weight excluding hydrogens is 606 g/mol. The molecule has 0 unspecified atom stereocenters. The molecule has 154 valence electrons. The summed E-state index contributed by atoms with van der Waals surface area (Å²) < 4.78 is 7.41. The SMILES string of the molecule is CCOc1ccc(C(NC(=O)c2cccc(I)c2)NC(=O)c2cccc(I)c2)cc1. The maximum absolute atomic E-state index is 12.8. The molecule has 0 fully saturated rings. The van der Waals surface area contributed by atoms with Gasteiger partial charge < -0.3 is 15.4 Å². The highest BCUT2D eigenvalue weighted by molar-refractivity contribution is 14.1. The molecule has 0 atom stereocenters. The lowest BCUT2D eigenvalue weighted by Crippen LogP contribution is -2.41. The summed E-state index contributed by atoms with van der Waals surface area (Å²) in [4.78, 5) is 25.7. The van der Waals surface area contributed by atoms with Crippen molar-refractivity contribution in [3.63, 3.8) is 0 Å². The van der Waals surface area contributed by atoms with Crippen LogP contribution in [0.4, 0.5) is 0 Å². The second-order valence-corrected chi connectivity index (χ2v) is 8.89. The molecular formula is C23H20I2N2O3. The van der Waals surface area contributed by atoms with Crippen molar-refractivity contribution in [1.82, 2.24) is 10.6 Å². The van der Waals surface area contributed by atoms with E-state index in [-0.39, 0.29) is 11.8 Å². The largest absolute Gasteiger partial charge is 0.494 e. The number of hydrogen-bond donors (Lipinski definition) is 2. The lowest BCUT2D eigenvalue weighted by atomic mass is 10.1. The van der Waals surface area contributed by atoms with Crippen LogP contribution in [-0.2, 0) is 0 Å². The summed E-state index contributed by atoms with van der Waals surface area (Å²) in [6, 6.07) is 21.9. The normalized spacial score (nSPS) is 10.5. The van der Waals surface area contributed by atoms with Crippen molar-refractivity contribution in [2.45, 2.75) is 13.1 Å². The average molecular weight is 626 g/mol. The van der Waals surface area contributed by atoms with E-state index in [0.717, 1.165) is 18.5 Å². The van der Waals surface area contributed by atoms with Gasteiger partial charge in [0.25, 0.3) is 11.8 Å². The Morgan fingerprint density at radius 1 is 0.833 bits per heavy atom. The first-order chi connectivity index (χ1) is 14.5. The minimum Gasteiger partial charge on any atom is -0.494 e. The fourth-order valence-electron chi connectivity index (χ4n) is 2.81. The highest BCUT2D eigenvalue weighted by atomic mass is 127. The number of halogens is 2. The highest BCUT2D eigenvalue weighted by Gasteiger charge is 2.19. The van der Waals surface area contributed by atoms with Crippen LogP contribution in [0.2, 0.25) is 0 Å². The number of carbonyl (C=O) groups is 2. The van der Waals surface area contributed by atoms with Gasteiger partial charge in [-0.05, 0) is 106 Å². The van der Waals surface area contributed by atoms with Crippen molar-refractivity contribution in [2.24, 2.45) is 0 Å². The monoisotopic (exact) mass is 626 g/mol. The molecule has 2 N–H and O–H groups in total. The minimum atomic E-state index is -0.698. The summed E-state index contributed by atoms with van der Waals surface area (Å²) in [5.74, 6) is 0.193. The molecule has 0 aliphatic heterocycles. The molecule has 0 radical (unpaired) electrons. The molecule has 2 amide bonds. The molecule has 5 nitrogen and oxygen atoms in total. The molecule has 0 aliphatic carbocycles. The zero-order valence-corrected chi connectivity index (χ0v) is 20.5. The predicted molar refractivity (Wildman–Crippen MR) is 134 cm³/mol. The van der Waals surface area contributed by atoms with E-state index < -0.39 is 6.17 Å². The average Bonchev–Trinajstić information content (AvgIpc) is 2.74. The van der Waals surface area contributed by atoms with Gasteiger partial charge in [0.15, 0.2) is 0 Å². The third-order valence-corrected chi connectivity index (χ3v) is 5.59. The van der Waals surface area contributed by atoms with Crippen LogP contribution in [-0.4, -0.2) is 18.4 Å². The van der Waals surface area contributed by atoms with Gasteiger partial charge in [-0.1, -0.05) is 24.3 Å². The van der Waals surface area contributed by atoms with Crippen LogP contribution < -0.4 is 15.4 Å². The molecule has 30 heavy (non-hydrogen) atoms. The number of ether oxygens (including phenoxy) is 1. The van der Waals surface area contributed by atoms with Crippen molar-refractivity contribution >= 4 is 57.0 Å². The van der Waals surface area contributed by atoms with Crippen LogP contribution in [0.1, 0.15) is 39.4 Å². The Balaban J connectivity index is 1.85. The molecule has 3 aromatic carbocycles. The van der Waals surface area contributed by atoms with Gasteiger partial charge >= 0.3 is 0 Å². The molecule has 7 heteroatoms. The van der Waals surface area contributed by atoms with Crippen LogP contribution in [0.25, 0.3) is 0 Å². The Morgan fingerprint density at radius 3 is 1.77 bits per heavy atom. The predicted octanol–water partition coefficient (Wildman–Crippen LogP) is 5.15. The van der Waals surface area contributed by atoms with E-state index in [9.17, 15) is 9.59 Å². The topological polar surface area (TPSA) is 67.4 Å². The highest BCUT2D eigenvalue weighted by Crippen LogP contribution is 2.19. The summed E-state index contributed by atoms with van der Waals surface area (Å²) in [7, 11) is 0. The van der Waals surface area contributed by atoms with Gasteiger partial charge in [0.05, 0.1) is 6.61 Å². The molecule has 3 aromatic rings. The third kappa shape index (κ3) is 6.18. The van der Waals surface area contributed by atoms with E-state index in [1.165, 1.54) is 0 Å². The van der Waals surface area contributed by atoms with Gasteiger partial charge in [0, 0.05) is 18.3 Å². The Bertz CT molecular complexity index is 979. The number of carbonyl (C=O) groups excluding carboxylic acids is 2. The molecule has 0 aliphatic rings. The van der Waals surface area contributed by atoms with E-state index in [2.05, 4.69) is 55.8 Å². The maximum atomic E-state index is 12.8. The second kappa shape index (κ2) is 10.8. The molecule has 0 bridgehead atoms. The van der Waals surface area contributed by atoms with Crippen molar-refractivity contribution in [3.8, 4) is 5.75 Å². The van der Waals surface area contributed by atoms with E-state index in [0.29, 0.717) is 17.7 Å². The standard InChI is InChI=1S/C23H20I2N2O3/c1-2-30-20-11-9-15(10-12-20)21(26-22(28)16-5-3-7-18(24)13-16)27-23(29)17-6-4-8-19(25)14-17/h3-14,21H,2H2,1H3,(H,26,28)(H,27,29). The van der Waals surface area contributed by atoms with Crippen LogP contribution in [0.5, 0.6) is 5.75 Å². The first-order valence-electron chi connectivity index (χ1n) is 9.32. The van der Waals surface area contributed by atoms with E-state index in [4.69, 9.17) is 4.74 Å². The van der Waals surface area contributed by atoms with Gasteiger partial charge in [-0.15, -0.1) is 0 Å². The van der Waals surface area contributed by atoms with Crippen LogP contribution in [0.3, 0.4) is 0 Å². The van der Waals surface area contributed by atoms with Crippen molar-refractivity contribution in [1.29, 1.82) is 0 Å². The molecule has 0 saturated carbocycles. The lowest BCUT2D eigenvalue weighted by molar-refractivity contribution is 0.0883. The van der Waals surface area contributed by atoms with Gasteiger partial charge in [0.2, 0.25) is 0 Å². The first kappa shape index (κ1) is 22.5. The Labute approximate surface area is 202 Å². The number of benzene rings is 3. The molecule has 3 rings (SSSR count). The summed E-state index contributed by atoms with van der Waals surface area (Å²) in [5, 5.41) is 5.85. The van der Waals surface area contributed by atoms with Gasteiger partial charge in [0.1, 0.15) is 11.9 Å². The summed E-state index contributed by atoms with van der Waals surface area (Å²) in [6.07, 6.45) is -0.698. The minimum absolute atomic E-state index is 0.268. The Morgan fingerprint density at radius 2 is 1.33 bits per heavy atom. The Hall–Kier alpha value is -2.14. The van der Waals surface area contributed by atoms with E-state index >= 15 is 0 Å². The van der Waals surface area contributed by atoms with Crippen LogP contribution in [0.15, 0.2) is 72.8 Å². The summed E-state index contributed by atoms with van der Waals surface area (Å²) >= 11 is 4.32. The molecule has 0 spiro atoms. The maximum Gasteiger partial charge on any atom is 0.253 e. The number of hydrogen-bond acceptors (Lipinski definition) is 3. The number of nitrogens with one attached hydrogen (secondary N) is 2. The van der Waals surface area contributed by atoms with Crippen molar-refractivity contribution < 1.29 is 14.3 Å². The fraction of sp³-hybridized carbons (Fsp3) is 0.130. The van der Waals surface area contributed by atoms with E-state index in [1.807, 2.05) is 55.5 Å². The van der Waals surface area contributed by atoms with Gasteiger partial charge in [-0.2, -0.15) is 0 Å². The fourth-order valence-corrected chi connectivity index (χ4v) is 3.90. The number of rotatable bonds is 7. The van der Waals surface area contributed by atoms with E-state index in [1.54, 1.807) is 24.3 Å². The summed E-state index contributed by atoms with van der Waals surface area (Å²) in [5.41, 5.74) is 1.80. The second-order valence-electron chi connectivity index (χ2n) is 6.40. The van der Waals surface area contributed by atoms with Crippen LogP contribution >= 0.6 is 45.2 Å².